The lowest BCUT2D eigenvalue weighted by Crippen LogP contribution is -2.36. The van der Waals surface area contributed by atoms with E-state index in [4.69, 9.17) is 16.2 Å². The zero-order valence-electron chi connectivity index (χ0n) is 20.5. The molecular formula is C31H35N3O2. The van der Waals surface area contributed by atoms with Crippen molar-refractivity contribution in [2.24, 2.45) is 0 Å². The van der Waals surface area contributed by atoms with Crippen molar-refractivity contribution < 1.29 is 9.84 Å². The molecule has 0 aliphatic carbocycles. The molecule has 0 spiro atoms. The molecule has 0 saturated carbocycles. The van der Waals surface area contributed by atoms with Crippen molar-refractivity contribution in [2.75, 3.05) is 31.2 Å². The van der Waals surface area contributed by atoms with Crippen LogP contribution in [0.3, 0.4) is 0 Å². The van der Waals surface area contributed by atoms with Gasteiger partial charge in [-0.2, -0.15) is 0 Å². The maximum absolute atomic E-state index is 10.8. The van der Waals surface area contributed by atoms with E-state index in [1.165, 1.54) is 16.7 Å². The van der Waals surface area contributed by atoms with Crippen LogP contribution < -0.4 is 16.2 Å². The van der Waals surface area contributed by atoms with Crippen molar-refractivity contribution in [2.45, 2.75) is 25.0 Å². The molecule has 0 aliphatic heterocycles. The van der Waals surface area contributed by atoms with Gasteiger partial charge in [-0.25, -0.2) is 0 Å². The highest BCUT2D eigenvalue weighted by Gasteiger charge is 2.19. The highest BCUT2D eigenvalue weighted by Crippen LogP contribution is 2.30. The van der Waals surface area contributed by atoms with E-state index in [0.717, 1.165) is 36.6 Å². The standard InChI is InChI=1S/C31H35N3O2/c32-27-15-11-25(12-16-27)31(26-13-17-28(33)18-14-26)19-20-34(21-24-7-3-1-4-8-24)22-29(35)23-36-30-9-5-2-6-10-30/h1-18,29,31,35H,19-23,32-33H2. The number of para-hydroxylation sites is 1. The molecule has 0 aromatic heterocycles. The van der Waals surface area contributed by atoms with Crippen LogP contribution in [0.4, 0.5) is 11.4 Å². The first-order valence-electron chi connectivity index (χ1n) is 12.4. The molecule has 4 rings (SSSR count). The summed E-state index contributed by atoms with van der Waals surface area (Å²) in [5, 5.41) is 10.8. The number of hydrogen-bond donors (Lipinski definition) is 3. The first-order chi connectivity index (χ1) is 17.6. The Kier molecular flexibility index (Phi) is 8.98. The van der Waals surface area contributed by atoms with Crippen molar-refractivity contribution in [3.63, 3.8) is 0 Å². The summed E-state index contributed by atoms with van der Waals surface area (Å²) in [4.78, 5) is 2.30. The van der Waals surface area contributed by atoms with Gasteiger partial charge in [-0.1, -0.05) is 72.8 Å². The molecule has 0 heterocycles. The van der Waals surface area contributed by atoms with Crippen LogP contribution in [0.1, 0.15) is 29.0 Å². The summed E-state index contributed by atoms with van der Waals surface area (Å²) in [5.74, 6) is 0.945. The highest BCUT2D eigenvalue weighted by atomic mass is 16.5. The monoisotopic (exact) mass is 481 g/mol. The fourth-order valence-corrected chi connectivity index (χ4v) is 4.43. The van der Waals surface area contributed by atoms with E-state index in [9.17, 15) is 5.11 Å². The van der Waals surface area contributed by atoms with Gasteiger partial charge >= 0.3 is 0 Å². The molecule has 5 heteroatoms. The van der Waals surface area contributed by atoms with Crippen molar-refractivity contribution >= 4 is 11.4 Å². The number of nitrogens with two attached hydrogens (primary N) is 2. The Morgan fingerprint density at radius 1 is 0.694 bits per heavy atom. The van der Waals surface area contributed by atoms with Crippen molar-refractivity contribution in [1.82, 2.24) is 4.90 Å². The number of anilines is 2. The number of aliphatic hydroxyl groups excluding tert-OH is 1. The van der Waals surface area contributed by atoms with Gasteiger partial charge in [-0.05, 0) is 66.1 Å². The molecule has 0 amide bonds. The molecule has 4 aromatic carbocycles. The Bertz CT molecular complexity index is 1120. The third-order valence-electron chi connectivity index (χ3n) is 6.32. The summed E-state index contributed by atoms with van der Waals surface area (Å²) < 4.78 is 5.81. The van der Waals surface area contributed by atoms with E-state index in [0.29, 0.717) is 6.54 Å². The molecule has 1 unspecified atom stereocenters. The van der Waals surface area contributed by atoms with E-state index in [1.54, 1.807) is 0 Å². The van der Waals surface area contributed by atoms with Crippen LogP contribution >= 0.6 is 0 Å². The second-order valence-electron chi connectivity index (χ2n) is 9.17. The van der Waals surface area contributed by atoms with Crippen LogP contribution in [0.2, 0.25) is 0 Å². The number of rotatable bonds is 12. The predicted octanol–water partition coefficient (Wildman–Crippen LogP) is 5.32. The number of nitrogens with zero attached hydrogens (tertiary/aromatic N) is 1. The van der Waals surface area contributed by atoms with Gasteiger partial charge in [0.05, 0.1) is 0 Å². The number of ether oxygens (including phenoxy) is 1. The summed E-state index contributed by atoms with van der Waals surface area (Å²) in [6, 6.07) is 36.2. The van der Waals surface area contributed by atoms with Crippen molar-refractivity contribution in [1.29, 1.82) is 0 Å². The van der Waals surface area contributed by atoms with Gasteiger partial charge in [0.15, 0.2) is 0 Å². The lowest BCUT2D eigenvalue weighted by molar-refractivity contribution is 0.0647. The van der Waals surface area contributed by atoms with Gasteiger partial charge in [0.2, 0.25) is 0 Å². The fraction of sp³-hybridized carbons (Fsp3) is 0.226. The zero-order chi connectivity index (χ0) is 25.2. The van der Waals surface area contributed by atoms with E-state index < -0.39 is 6.10 Å². The third kappa shape index (κ3) is 7.60. The normalized spacial score (nSPS) is 12.1. The molecule has 0 bridgehead atoms. The number of aliphatic hydroxyl groups is 1. The summed E-state index contributed by atoms with van der Waals surface area (Å²) in [5.41, 5.74) is 17.0. The summed E-state index contributed by atoms with van der Waals surface area (Å²) in [7, 11) is 0. The zero-order valence-corrected chi connectivity index (χ0v) is 20.5. The Morgan fingerprint density at radius 3 is 1.78 bits per heavy atom. The minimum atomic E-state index is -0.611. The van der Waals surface area contributed by atoms with Gasteiger partial charge in [0.25, 0.3) is 0 Å². The van der Waals surface area contributed by atoms with Crippen LogP contribution in [0.5, 0.6) is 5.75 Å². The molecule has 0 radical (unpaired) electrons. The molecule has 186 valence electrons. The number of benzene rings is 4. The molecule has 5 nitrogen and oxygen atoms in total. The molecule has 0 fully saturated rings. The van der Waals surface area contributed by atoms with E-state index in [-0.39, 0.29) is 12.5 Å². The molecule has 4 aromatic rings. The van der Waals surface area contributed by atoms with Crippen LogP contribution in [-0.2, 0) is 6.54 Å². The maximum atomic E-state index is 10.8. The minimum Gasteiger partial charge on any atom is -0.491 e. The largest absolute Gasteiger partial charge is 0.491 e. The average molecular weight is 482 g/mol. The van der Waals surface area contributed by atoms with E-state index in [2.05, 4.69) is 41.3 Å². The second-order valence-corrected chi connectivity index (χ2v) is 9.17. The van der Waals surface area contributed by atoms with Crippen molar-refractivity contribution in [3.8, 4) is 5.75 Å². The summed E-state index contributed by atoms with van der Waals surface area (Å²) >= 11 is 0. The quantitative estimate of drug-likeness (QED) is 0.239. The maximum Gasteiger partial charge on any atom is 0.119 e. The SMILES string of the molecule is Nc1ccc(C(CCN(Cc2ccccc2)CC(O)COc2ccccc2)c2ccc(N)cc2)cc1. The van der Waals surface area contributed by atoms with Gasteiger partial charge in [0.1, 0.15) is 18.5 Å². The van der Waals surface area contributed by atoms with Crippen LogP contribution in [0.25, 0.3) is 0 Å². The molecule has 1 atom stereocenters. The predicted molar refractivity (Wildman–Crippen MR) is 148 cm³/mol. The Morgan fingerprint density at radius 2 is 1.22 bits per heavy atom. The average Bonchev–Trinajstić information content (AvgIpc) is 2.90. The van der Waals surface area contributed by atoms with Crippen LogP contribution in [-0.4, -0.2) is 35.8 Å². The molecule has 5 N–H and O–H groups in total. The molecular weight excluding hydrogens is 446 g/mol. The van der Waals surface area contributed by atoms with Gasteiger partial charge in [-0.15, -0.1) is 0 Å². The topological polar surface area (TPSA) is 84.7 Å². The fourth-order valence-electron chi connectivity index (χ4n) is 4.43. The number of nitrogen functional groups attached to an aromatic ring is 2. The Balaban J connectivity index is 1.48. The Hall–Kier alpha value is -3.80. The summed E-state index contributed by atoms with van der Waals surface area (Å²) in [6.45, 7) is 2.31. The second kappa shape index (κ2) is 12.8. The lowest BCUT2D eigenvalue weighted by atomic mass is 9.88. The van der Waals surface area contributed by atoms with E-state index >= 15 is 0 Å². The molecule has 36 heavy (non-hydrogen) atoms. The smallest absolute Gasteiger partial charge is 0.119 e. The van der Waals surface area contributed by atoms with Gasteiger partial charge in [0, 0.05) is 30.4 Å². The molecule has 0 saturated heterocycles. The summed E-state index contributed by atoms with van der Waals surface area (Å²) in [6.07, 6.45) is 0.271. The third-order valence-corrected chi connectivity index (χ3v) is 6.32. The minimum absolute atomic E-state index is 0.183. The van der Waals surface area contributed by atoms with Crippen molar-refractivity contribution in [3.05, 3.63) is 126 Å². The first kappa shape index (κ1) is 25.3. The number of hydrogen-bond acceptors (Lipinski definition) is 5. The highest BCUT2D eigenvalue weighted by molar-refractivity contribution is 5.45. The van der Waals surface area contributed by atoms with Crippen LogP contribution in [0.15, 0.2) is 109 Å². The van der Waals surface area contributed by atoms with Gasteiger partial charge < -0.3 is 21.3 Å². The van der Waals surface area contributed by atoms with Gasteiger partial charge in [-0.3, -0.25) is 4.90 Å². The Labute approximate surface area is 214 Å². The van der Waals surface area contributed by atoms with E-state index in [1.807, 2.05) is 72.8 Å². The first-order valence-corrected chi connectivity index (χ1v) is 12.4. The molecule has 0 aliphatic rings. The lowest BCUT2D eigenvalue weighted by Gasteiger charge is -2.28. The van der Waals surface area contributed by atoms with Crippen LogP contribution in [0, 0.1) is 0 Å².